The molecule has 71 heavy (non-hydrogen) atoms. The number of β-amino-alcohol motifs (C(OH)–C–C–N with tert-alkyl or cyclic N) is 1. The van der Waals surface area contributed by atoms with Crippen LogP contribution in [0.25, 0.3) is 15.4 Å². The molecule has 2 aliphatic rings. The second-order valence-electron chi connectivity index (χ2n) is 19.3. The minimum atomic E-state index is -0.988. The number of aliphatic imine (C=N–C) groups is 1. The fraction of sp³-hybridized carbons (Fsp3) is 0.396. The number of fused-ring (bicyclic) bond motifs is 3. The fourth-order valence-corrected chi connectivity index (χ4v) is 11.2. The minimum Gasteiger partial charge on any atom is -0.491 e. The van der Waals surface area contributed by atoms with Gasteiger partial charge in [-0.2, -0.15) is 0 Å². The molecule has 5 heterocycles. The summed E-state index contributed by atoms with van der Waals surface area (Å²) in [6.07, 6.45) is -0.552. The van der Waals surface area contributed by atoms with Gasteiger partial charge in [-0.05, 0) is 80.0 Å². The molecule has 0 bridgehead atoms. The van der Waals surface area contributed by atoms with Crippen LogP contribution in [0.1, 0.15) is 103 Å². The molecule has 5 atom stereocenters. The number of nitrogens with zero attached hydrogens (tertiary/aromatic N) is 6. The van der Waals surface area contributed by atoms with Crippen molar-refractivity contribution >= 4 is 69.2 Å². The van der Waals surface area contributed by atoms with Crippen LogP contribution < -0.4 is 15.4 Å². The summed E-state index contributed by atoms with van der Waals surface area (Å²) in [6.45, 7) is 15.3. The summed E-state index contributed by atoms with van der Waals surface area (Å²) in [5.74, 6) is 0.263. The molecule has 0 saturated carbocycles. The van der Waals surface area contributed by atoms with E-state index in [9.17, 15) is 24.3 Å². The highest BCUT2D eigenvalue weighted by Crippen LogP contribution is 2.40. The van der Waals surface area contributed by atoms with Crippen molar-refractivity contribution in [1.29, 1.82) is 0 Å². The van der Waals surface area contributed by atoms with E-state index in [-0.39, 0.29) is 63.2 Å². The first-order valence-corrected chi connectivity index (χ1v) is 25.7. The molecule has 3 amide bonds. The van der Waals surface area contributed by atoms with E-state index in [1.165, 1.54) is 4.90 Å². The highest BCUT2D eigenvalue weighted by Gasteiger charge is 2.44. The first kappa shape index (κ1) is 51.3. The van der Waals surface area contributed by atoms with Gasteiger partial charge in [0.1, 0.15) is 41.9 Å². The van der Waals surface area contributed by atoms with Gasteiger partial charge >= 0.3 is 0 Å². The molecule has 3 N–H and O–H groups in total. The number of hydrogen-bond acceptors (Lipinski definition) is 13. The molecular weight excluding hydrogens is 960 g/mol. The number of aromatic nitrogens is 4. The number of rotatable bonds is 17. The quantitative estimate of drug-likeness (QED) is 0.0744. The number of ether oxygens (including phenoxy) is 2. The maximum Gasteiger partial charge on any atom is 0.246 e. The lowest BCUT2D eigenvalue weighted by molar-refractivity contribution is -0.144. The molecule has 0 unspecified atom stereocenters. The van der Waals surface area contributed by atoms with Crippen LogP contribution >= 0.6 is 34.3 Å². The molecule has 0 radical (unpaired) electrons. The third-order valence-corrected chi connectivity index (χ3v) is 15.4. The predicted molar refractivity (Wildman–Crippen MR) is 277 cm³/mol. The standard InChI is InChI=1S/C53H59ClN8O7S2/c1-29(34-12-14-36(15-13-34)48-31(3)55-28-70-48)22-43(64)42-24-39(63)26-61(42)51(67)49(53(6,7)8)58-45(66)27-68-20-21-69-40-11-9-10-38(23-40)56-44(65)25-41-50-60-59-33(5)62(50)52-46(30(2)32(4)71-52)47(57-41)35-16-18-37(54)19-17-35/h9-19,23,28-29,39,41-42,49,63H,20-22,24-27H2,1-8H3,(H,56,65)(H,58,66)/t29-,39-,41+,42+,49-/m1/s1. The molecule has 0 aliphatic carbocycles. The van der Waals surface area contributed by atoms with Gasteiger partial charge in [-0.1, -0.05) is 81.8 Å². The first-order valence-electron chi connectivity index (χ1n) is 23.6. The number of aryl methyl sites for hydroxylation is 3. The van der Waals surface area contributed by atoms with Crippen LogP contribution in [0.15, 0.2) is 83.3 Å². The Kier molecular flexibility index (Phi) is 15.7. The molecule has 18 heteroatoms. The van der Waals surface area contributed by atoms with Crippen molar-refractivity contribution in [2.45, 2.75) is 105 Å². The number of anilines is 1. The maximum atomic E-state index is 14.2. The van der Waals surface area contributed by atoms with Crippen LogP contribution in [-0.2, 0) is 23.9 Å². The van der Waals surface area contributed by atoms with Crippen molar-refractivity contribution < 1.29 is 33.8 Å². The van der Waals surface area contributed by atoms with Crippen LogP contribution in [0.5, 0.6) is 5.75 Å². The van der Waals surface area contributed by atoms with E-state index in [1.54, 1.807) is 46.9 Å². The second-order valence-corrected chi connectivity index (χ2v) is 21.8. The lowest BCUT2D eigenvalue weighted by Crippen LogP contribution is -2.57. The third-order valence-electron chi connectivity index (χ3n) is 12.9. The number of thiophene rings is 1. The van der Waals surface area contributed by atoms with Gasteiger partial charge in [-0.15, -0.1) is 32.9 Å². The second kappa shape index (κ2) is 21.7. The van der Waals surface area contributed by atoms with Crippen LogP contribution in [0.2, 0.25) is 5.02 Å². The molecule has 2 aliphatic heterocycles. The van der Waals surface area contributed by atoms with Crippen molar-refractivity contribution in [2.75, 3.05) is 31.7 Å². The molecule has 0 spiro atoms. The Bertz CT molecular complexity index is 2960. The minimum absolute atomic E-state index is 0.00553. The van der Waals surface area contributed by atoms with Gasteiger partial charge in [0.05, 0.1) is 47.0 Å². The van der Waals surface area contributed by atoms with Crippen molar-refractivity contribution in [1.82, 2.24) is 30.0 Å². The number of thiazole rings is 1. The smallest absolute Gasteiger partial charge is 0.246 e. The monoisotopic (exact) mass is 1020 g/mol. The number of carbonyl (C=O) groups excluding carboxylic acids is 4. The third kappa shape index (κ3) is 11.7. The highest BCUT2D eigenvalue weighted by atomic mass is 35.5. The maximum absolute atomic E-state index is 14.2. The highest BCUT2D eigenvalue weighted by molar-refractivity contribution is 7.15. The number of Topliss-reactive ketones (excluding diaryl/α,β-unsaturated/α-hetero) is 1. The van der Waals surface area contributed by atoms with E-state index >= 15 is 0 Å². The molecule has 8 rings (SSSR count). The number of nitrogens with one attached hydrogen (secondary N) is 2. The van der Waals surface area contributed by atoms with Gasteiger partial charge in [-0.25, -0.2) is 4.98 Å². The van der Waals surface area contributed by atoms with E-state index in [4.69, 9.17) is 26.1 Å². The number of ketones is 1. The van der Waals surface area contributed by atoms with Crippen molar-refractivity contribution in [3.05, 3.63) is 128 Å². The molecule has 15 nitrogen and oxygen atoms in total. The van der Waals surface area contributed by atoms with E-state index in [0.29, 0.717) is 28.1 Å². The number of likely N-dealkylation sites (tertiary alicyclic amines) is 1. The fourth-order valence-electron chi connectivity index (χ4n) is 9.04. The SMILES string of the molecule is Cc1ncsc1-c1ccc([C@H](C)CC(=O)[C@@H]2C[C@@H](O)CN2C(=O)[C@@H](NC(=O)COCCOc2cccc(NC(=O)C[C@@H]3N=C(c4ccc(Cl)cc4)c4c(sc(C)c4C)-n4c(C)nnc43)c2)C(C)(C)C)cc1. The zero-order valence-corrected chi connectivity index (χ0v) is 43.5. The molecule has 3 aromatic carbocycles. The Hall–Kier alpha value is -6.11. The van der Waals surface area contributed by atoms with Crippen LogP contribution in [0.3, 0.4) is 0 Å². The summed E-state index contributed by atoms with van der Waals surface area (Å²) in [5.41, 5.74) is 8.35. The van der Waals surface area contributed by atoms with E-state index in [1.807, 2.05) is 100 Å². The average molecular weight is 1020 g/mol. The van der Waals surface area contributed by atoms with Gasteiger partial charge in [0.15, 0.2) is 11.6 Å². The normalized spacial score (nSPS) is 17.4. The Morgan fingerprint density at radius 3 is 2.38 bits per heavy atom. The summed E-state index contributed by atoms with van der Waals surface area (Å²) in [7, 11) is 0. The number of halogens is 1. The molecule has 372 valence electrons. The molecule has 3 aromatic heterocycles. The van der Waals surface area contributed by atoms with Gasteiger partial charge in [-0.3, -0.25) is 28.7 Å². The number of hydrogen-bond donors (Lipinski definition) is 3. The van der Waals surface area contributed by atoms with Crippen molar-refractivity contribution in [3.8, 4) is 21.2 Å². The largest absolute Gasteiger partial charge is 0.491 e. The van der Waals surface area contributed by atoms with Gasteiger partial charge in [0.2, 0.25) is 17.7 Å². The summed E-state index contributed by atoms with van der Waals surface area (Å²) < 4.78 is 13.6. The summed E-state index contributed by atoms with van der Waals surface area (Å²) in [5, 5.41) is 27.0. The summed E-state index contributed by atoms with van der Waals surface area (Å²) >= 11 is 9.49. The molecule has 1 saturated heterocycles. The number of carbonyl (C=O) groups is 4. The topological polar surface area (TPSA) is 190 Å². The number of aliphatic hydroxyl groups is 1. The Morgan fingerprint density at radius 2 is 1.68 bits per heavy atom. The van der Waals surface area contributed by atoms with E-state index < -0.39 is 41.5 Å². The zero-order valence-electron chi connectivity index (χ0n) is 41.1. The number of benzene rings is 3. The van der Waals surface area contributed by atoms with Crippen molar-refractivity contribution in [2.24, 2.45) is 10.4 Å². The summed E-state index contributed by atoms with van der Waals surface area (Å²) in [4.78, 5) is 68.2. The Labute approximate surface area is 426 Å². The van der Waals surface area contributed by atoms with Crippen LogP contribution in [-0.4, -0.2) is 104 Å². The Morgan fingerprint density at radius 1 is 0.944 bits per heavy atom. The van der Waals surface area contributed by atoms with Crippen LogP contribution in [0, 0.1) is 33.1 Å². The van der Waals surface area contributed by atoms with E-state index in [0.717, 1.165) is 54.0 Å². The predicted octanol–water partition coefficient (Wildman–Crippen LogP) is 8.91. The molecule has 6 aromatic rings. The Balaban J connectivity index is 0.831. The van der Waals surface area contributed by atoms with Crippen molar-refractivity contribution in [3.63, 3.8) is 0 Å². The summed E-state index contributed by atoms with van der Waals surface area (Å²) in [6, 6.07) is 20.2. The lowest BCUT2D eigenvalue weighted by Gasteiger charge is -2.35. The molecule has 1 fully saturated rings. The van der Waals surface area contributed by atoms with Gasteiger partial charge in [0, 0.05) is 52.2 Å². The van der Waals surface area contributed by atoms with E-state index in [2.05, 4.69) is 39.7 Å². The average Bonchev–Trinajstić information content (AvgIpc) is 4.10. The molecular formula is C53H59ClN8O7S2. The van der Waals surface area contributed by atoms with Gasteiger partial charge < -0.3 is 30.1 Å². The first-order chi connectivity index (χ1) is 33.9. The van der Waals surface area contributed by atoms with Gasteiger partial charge in [0.25, 0.3) is 0 Å². The number of amides is 3. The van der Waals surface area contributed by atoms with Crippen LogP contribution in [0.4, 0.5) is 5.69 Å². The zero-order chi connectivity index (χ0) is 50.7. The number of aliphatic hydroxyl groups excluding tert-OH is 1. The lowest BCUT2D eigenvalue weighted by atomic mass is 9.85.